The van der Waals surface area contributed by atoms with E-state index >= 15 is 0 Å². The van der Waals surface area contributed by atoms with Crippen LogP contribution in [-0.2, 0) is 25.9 Å². The fraction of sp³-hybridized carbons (Fsp3) is 0.348. The lowest BCUT2D eigenvalue weighted by molar-refractivity contribution is -0.134. The SMILES string of the molecule is CS(=O)(=O)CC1COC(COc2c(F)ccc3nc(C(N)=O)n(Cc4ccc(F)c(Cl)c4)c(=O)c23)CO1. The molecule has 10 nitrogen and oxygen atoms in total. The third-order valence-corrected chi connectivity index (χ3v) is 6.78. The maximum atomic E-state index is 14.8. The normalized spacial score (nSPS) is 18.2. The van der Waals surface area contributed by atoms with Gasteiger partial charge in [0.1, 0.15) is 33.8 Å². The monoisotopic (exact) mass is 557 g/mol. The summed E-state index contributed by atoms with van der Waals surface area (Å²) in [6.07, 6.45) is -0.208. The number of carbonyl (C=O) groups is 1. The van der Waals surface area contributed by atoms with Crippen molar-refractivity contribution in [1.29, 1.82) is 0 Å². The molecule has 4 rings (SSSR count). The van der Waals surface area contributed by atoms with Crippen LogP contribution in [-0.4, -0.2) is 67.9 Å². The van der Waals surface area contributed by atoms with Gasteiger partial charge >= 0.3 is 0 Å². The van der Waals surface area contributed by atoms with E-state index in [4.69, 9.17) is 31.5 Å². The first-order chi connectivity index (χ1) is 17.4. The number of aromatic nitrogens is 2. The summed E-state index contributed by atoms with van der Waals surface area (Å²) in [5.41, 5.74) is 4.96. The number of nitrogens with two attached hydrogens (primary N) is 1. The van der Waals surface area contributed by atoms with Crippen LogP contribution in [0.15, 0.2) is 35.1 Å². The van der Waals surface area contributed by atoms with Gasteiger partial charge in [0.2, 0.25) is 5.82 Å². The van der Waals surface area contributed by atoms with Crippen LogP contribution >= 0.6 is 11.6 Å². The minimum absolute atomic E-state index is 0.00429. The van der Waals surface area contributed by atoms with Crippen molar-refractivity contribution in [1.82, 2.24) is 9.55 Å². The van der Waals surface area contributed by atoms with Gasteiger partial charge in [-0.3, -0.25) is 14.2 Å². The number of ether oxygens (including phenoxy) is 3. The Balaban J connectivity index is 1.64. The van der Waals surface area contributed by atoms with Crippen LogP contribution in [0.1, 0.15) is 16.2 Å². The summed E-state index contributed by atoms with van der Waals surface area (Å²) in [7, 11) is -3.26. The average molecular weight is 558 g/mol. The number of amides is 1. The van der Waals surface area contributed by atoms with E-state index in [9.17, 15) is 26.8 Å². The Labute approximate surface area is 214 Å². The lowest BCUT2D eigenvalue weighted by atomic mass is 10.2. The van der Waals surface area contributed by atoms with Crippen molar-refractivity contribution in [2.24, 2.45) is 5.73 Å². The number of nitrogens with zero attached hydrogens (tertiary/aromatic N) is 2. The number of halogens is 3. The third kappa shape index (κ3) is 6.24. The fourth-order valence-electron chi connectivity index (χ4n) is 3.84. The highest BCUT2D eigenvalue weighted by atomic mass is 35.5. The van der Waals surface area contributed by atoms with E-state index in [0.29, 0.717) is 5.56 Å². The van der Waals surface area contributed by atoms with Crippen molar-refractivity contribution in [3.63, 3.8) is 0 Å². The molecule has 2 atom stereocenters. The maximum Gasteiger partial charge on any atom is 0.284 e. The van der Waals surface area contributed by atoms with Gasteiger partial charge in [-0.25, -0.2) is 22.2 Å². The number of carbonyl (C=O) groups excluding carboxylic acids is 1. The minimum Gasteiger partial charge on any atom is -0.487 e. The predicted octanol–water partition coefficient (Wildman–Crippen LogP) is 1.68. The van der Waals surface area contributed by atoms with Crippen molar-refractivity contribution in [2.45, 2.75) is 18.8 Å². The van der Waals surface area contributed by atoms with Crippen molar-refractivity contribution >= 4 is 38.2 Å². The van der Waals surface area contributed by atoms with Gasteiger partial charge in [0, 0.05) is 6.26 Å². The summed E-state index contributed by atoms with van der Waals surface area (Å²) < 4.78 is 68.9. The van der Waals surface area contributed by atoms with Gasteiger partial charge in [-0.15, -0.1) is 0 Å². The number of sulfone groups is 1. The van der Waals surface area contributed by atoms with E-state index in [2.05, 4.69) is 4.98 Å². The molecule has 0 aliphatic carbocycles. The minimum atomic E-state index is -3.26. The largest absolute Gasteiger partial charge is 0.487 e. The molecule has 37 heavy (non-hydrogen) atoms. The van der Waals surface area contributed by atoms with Gasteiger partial charge in [0.15, 0.2) is 11.6 Å². The van der Waals surface area contributed by atoms with Crippen LogP contribution in [0.3, 0.4) is 0 Å². The molecule has 1 fully saturated rings. The molecule has 1 aliphatic rings. The topological polar surface area (TPSA) is 140 Å². The number of hydrogen-bond acceptors (Lipinski definition) is 8. The fourth-order valence-corrected chi connectivity index (χ4v) is 4.91. The molecule has 1 aromatic heterocycles. The molecule has 0 bridgehead atoms. The van der Waals surface area contributed by atoms with Crippen molar-refractivity contribution in [2.75, 3.05) is 31.8 Å². The van der Waals surface area contributed by atoms with Gasteiger partial charge < -0.3 is 19.9 Å². The highest BCUT2D eigenvalue weighted by molar-refractivity contribution is 7.90. The molecule has 1 aliphatic heterocycles. The highest BCUT2D eigenvalue weighted by Crippen LogP contribution is 2.27. The summed E-state index contributed by atoms with van der Waals surface area (Å²) in [4.78, 5) is 29.7. The Kier molecular flexibility index (Phi) is 7.78. The Bertz CT molecular complexity index is 1520. The molecule has 1 amide bonds. The van der Waals surface area contributed by atoms with Gasteiger partial charge in [-0.2, -0.15) is 0 Å². The summed E-state index contributed by atoms with van der Waals surface area (Å²) in [6.45, 7) is -0.481. The zero-order valence-corrected chi connectivity index (χ0v) is 21.0. The van der Waals surface area contributed by atoms with E-state index in [1.165, 1.54) is 18.2 Å². The second-order valence-corrected chi connectivity index (χ2v) is 11.1. The van der Waals surface area contributed by atoms with Crippen LogP contribution < -0.4 is 16.0 Å². The highest BCUT2D eigenvalue weighted by Gasteiger charge is 2.27. The van der Waals surface area contributed by atoms with Crippen molar-refractivity contribution < 1.29 is 36.2 Å². The van der Waals surface area contributed by atoms with Crippen LogP contribution in [0.25, 0.3) is 10.9 Å². The average Bonchev–Trinajstić information content (AvgIpc) is 2.82. The van der Waals surface area contributed by atoms with Crippen LogP contribution in [0, 0.1) is 11.6 Å². The van der Waals surface area contributed by atoms with Crippen LogP contribution in [0.5, 0.6) is 5.75 Å². The molecule has 0 saturated carbocycles. The van der Waals surface area contributed by atoms with Gasteiger partial charge in [-0.1, -0.05) is 17.7 Å². The standard InChI is InChI=1S/C23H22ClF2N3O7S/c1-37(32,33)11-14-10-34-13(8-35-14)9-36-20-17(26)4-5-18-19(20)23(31)29(22(28-18)21(27)30)7-12-2-3-16(25)15(24)6-12/h2-6,13-14H,7-11H2,1H3,(H2,27,30). The Morgan fingerprint density at radius 2 is 1.86 bits per heavy atom. The van der Waals surface area contributed by atoms with E-state index in [0.717, 1.165) is 23.0 Å². The molecule has 2 heterocycles. The van der Waals surface area contributed by atoms with E-state index in [1.807, 2.05) is 0 Å². The smallest absolute Gasteiger partial charge is 0.284 e. The lowest BCUT2D eigenvalue weighted by Crippen LogP contribution is -2.41. The first kappa shape index (κ1) is 26.9. The van der Waals surface area contributed by atoms with Gasteiger partial charge in [0.25, 0.3) is 11.5 Å². The first-order valence-electron chi connectivity index (χ1n) is 10.9. The molecule has 198 valence electrons. The second-order valence-electron chi connectivity index (χ2n) is 8.52. The zero-order chi connectivity index (χ0) is 26.9. The summed E-state index contributed by atoms with van der Waals surface area (Å²) >= 11 is 5.83. The maximum absolute atomic E-state index is 14.8. The number of hydrogen-bond donors (Lipinski definition) is 1. The molecule has 0 radical (unpaired) electrons. The Hall–Kier alpha value is -3.13. The summed E-state index contributed by atoms with van der Waals surface area (Å²) in [5, 5.41) is -0.437. The summed E-state index contributed by atoms with van der Waals surface area (Å²) in [6, 6.07) is 5.98. The molecular formula is C23H22ClF2N3O7S. The number of primary amides is 1. The second kappa shape index (κ2) is 10.7. The van der Waals surface area contributed by atoms with Crippen LogP contribution in [0.4, 0.5) is 8.78 Å². The van der Waals surface area contributed by atoms with Crippen molar-refractivity contribution in [3.8, 4) is 5.75 Å². The molecule has 1 saturated heterocycles. The van der Waals surface area contributed by atoms with E-state index < -0.39 is 56.7 Å². The molecule has 2 unspecified atom stereocenters. The zero-order valence-electron chi connectivity index (χ0n) is 19.4. The van der Waals surface area contributed by atoms with Crippen LogP contribution in [0.2, 0.25) is 5.02 Å². The predicted molar refractivity (Wildman–Crippen MR) is 130 cm³/mol. The molecule has 14 heteroatoms. The van der Waals surface area contributed by atoms with Gasteiger partial charge in [0.05, 0.1) is 42.2 Å². The first-order valence-corrected chi connectivity index (χ1v) is 13.4. The molecule has 2 aromatic carbocycles. The number of fused-ring (bicyclic) bond motifs is 1. The third-order valence-electron chi connectivity index (χ3n) is 5.51. The van der Waals surface area contributed by atoms with E-state index in [-0.39, 0.29) is 48.0 Å². The summed E-state index contributed by atoms with van der Waals surface area (Å²) in [5.74, 6) is -3.55. The van der Waals surface area contributed by atoms with Crippen molar-refractivity contribution in [3.05, 3.63) is 68.7 Å². The Morgan fingerprint density at radius 1 is 1.19 bits per heavy atom. The van der Waals surface area contributed by atoms with Gasteiger partial charge in [-0.05, 0) is 29.8 Å². The lowest BCUT2D eigenvalue weighted by Gasteiger charge is -2.29. The number of benzene rings is 2. The molecule has 3 aromatic rings. The molecular weight excluding hydrogens is 536 g/mol. The Morgan fingerprint density at radius 3 is 2.49 bits per heavy atom. The number of rotatable bonds is 8. The molecule has 0 spiro atoms. The molecule has 2 N–H and O–H groups in total. The quantitative estimate of drug-likeness (QED) is 0.441. The van der Waals surface area contributed by atoms with E-state index in [1.54, 1.807) is 0 Å².